The molecule has 0 aliphatic carbocycles. The monoisotopic (exact) mass is 149 g/mol. The van der Waals surface area contributed by atoms with Gasteiger partial charge < -0.3 is 4.98 Å². The van der Waals surface area contributed by atoms with Gasteiger partial charge >= 0.3 is 0 Å². The predicted molar refractivity (Wildman–Crippen MR) is 45.0 cm³/mol. The van der Waals surface area contributed by atoms with Crippen molar-refractivity contribution >= 4 is 10.9 Å². The van der Waals surface area contributed by atoms with Gasteiger partial charge in [-0.1, -0.05) is 18.2 Å². The lowest BCUT2D eigenvalue weighted by Crippen LogP contribution is -1.61. The van der Waals surface area contributed by atoms with Gasteiger partial charge in [0.1, 0.15) is 0 Å². The average molecular weight is 149 g/mol. The molecule has 1 N–H and O–H groups in total. The third-order valence-electron chi connectivity index (χ3n) is 1.46. The average Bonchev–Trinajstić information content (AvgIpc) is 2.55. The molecule has 0 unspecified atom stereocenters. The zero-order valence-electron chi connectivity index (χ0n) is 5.78. The topological polar surface area (TPSA) is 49.9 Å². The van der Waals surface area contributed by atoms with Crippen molar-refractivity contribution in [1.29, 1.82) is 0 Å². The highest BCUT2D eigenvalue weighted by atomic mass is 16.7. The van der Waals surface area contributed by atoms with Gasteiger partial charge in [-0.15, -0.1) is 0 Å². The quantitative estimate of drug-likeness (QED) is 0.624. The van der Waals surface area contributed by atoms with Crippen molar-refractivity contribution in [1.82, 2.24) is 4.98 Å². The van der Waals surface area contributed by atoms with Gasteiger partial charge in [-0.25, -0.2) is 0 Å². The molecular formula is C8H7NO2. The molecule has 0 aliphatic heterocycles. The third kappa shape index (κ3) is 1.43. The van der Waals surface area contributed by atoms with Crippen LogP contribution in [0.2, 0.25) is 0 Å². The van der Waals surface area contributed by atoms with Gasteiger partial charge in [-0.2, -0.15) is 0 Å². The second kappa shape index (κ2) is 3.51. The Hall–Kier alpha value is -1.64. The summed E-state index contributed by atoms with van der Waals surface area (Å²) < 4.78 is 0. The zero-order valence-corrected chi connectivity index (χ0v) is 5.78. The van der Waals surface area contributed by atoms with Gasteiger partial charge in [0.05, 0.1) is 0 Å². The van der Waals surface area contributed by atoms with E-state index in [2.05, 4.69) is 23.2 Å². The SMILES string of the molecule is O=O.c1ccc2[nH]ccc2c1. The van der Waals surface area contributed by atoms with E-state index in [0.717, 1.165) is 0 Å². The summed E-state index contributed by atoms with van der Waals surface area (Å²) in [6.45, 7) is 0. The largest absolute Gasteiger partial charge is 0.361 e. The number of hydrogen-bond acceptors (Lipinski definition) is 2. The van der Waals surface area contributed by atoms with Gasteiger partial charge in [0.15, 0.2) is 0 Å². The van der Waals surface area contributed by atoms with Crippen LogP contribution in [0, 0.1) is 9.93 Å². The molecule has 0 saturated heterocycles. The molecule has 0 fully saturated rings. The number of aromatic amines is 1. The van der Waals surface area contributed by atoms with Gasteiger partial charge in [0.25, 0.3) is 0 Å². The Morgan fingerprint density at radius 1 is 1.00 bits per heavy atom. The number of nitrogens with one attached hydrogen (secondary N) is 1. The fraction of sp³-hybridized carbons (Fsp3) is 0. The Bertz CT molecular complexity index is 299. The Morgan fingerprint density at radius 2 is 1.73 bits per heavy atom. The van der Waals surface area contributed by atoms with Crippen LogP contribution in [0.1, 0.15) is 0 Å². The van der Waals surface area contributed by atoms with Crippen molar-refractivity contribution in [3.05, 3.63) is 46.5 Å². The first-order valence-corrected chi connectivity index (χ1v) is 3.15. The smallest absolute Gasteiger partial charge is 0.0453 e. The fourth-order valence-electron chi connectivity index (χ4n) is 0.995. The van der Waals surface area contributed by atoms with Crippen LogP contribution in [0.4, 0.5) is 0 Å². The number of rotatable bonds is 0. The number of aromatic nitrogens is 1. The van der Waals surface area contributed by atoms with E-state index in [9.17, 15) is 0 Å². The van der Waals surface area contributed by atoms with Crippen molar-refractivity contribution in [2.75, 3.05) is 0 Å². The van der Waals surface area contributed by atoms with Crippen LogP contribution in [0.25, 0.3) is 10.9 Å². The Balaban J connectivity index is 0.000000281. The maximum atomic E-state index is 7.00. The van der Waals surface area contributed by atoms with Gasteiger partial charge in [-0.3, -0.25) is 0 Å². The van der Waals surface area contributed by atoms with Crippen LogP contribution in [0.3, 0.4) is 0 Å². The van der Waals surface area contributed by atoms with E-state index < -0.39 is 0 Å². The molecular weight excluding hydrogens is 142 g/mol. The standard InChI is InChI=1S/C8H7N.O2/c1-2-4-8-7(3-1)5-6-9-8;1-2/h1-6,9H;. The molecule has 0 bridgehead atoms. The number of fused-ring (bicyclic) bond motifs is 1. The molecule has 0 aliphatic rings. The maximum absolute atomic E-state index is 7.00. The third-order valence-corrected chi connectivity index (χ3v) is 1.46. The molecule has 3 heteroatoms. The van der Waals surface area contributed by atoms with Crippen molar-refractivity contribution in [3.8, 4) is 0 Å². The van der Waals surface area contributed by atoms with Crippen molar-refractivity contribution in [2.24, 2.45) is 0 Å². The molecule has 0 atom stereocenters. The van der Waals surface area contributed by atoms with Crippen molar-refractivity contribution < 1.29 is 0 Å². The van der Waals surface area contributed by atoms with E-state index in [1.54, 1.807) is 0 Å². The number of H-pyrrole nitrogens is 1. The lowest BCUT2D eigenvalue weighted by Gasteiger charge is -1.83. The highest BCUT2D eigenvalue weighted by Crippen LogP contribution is 2.09. The highest BCUT2D eigenvalue weighted by molar-refractivity contribution is 5.78. The zero-order chi connectivity index (χ0) is 8.10. The van der Waals surface area contributed by atoms with Crippen LogP contribution in [0.5, 0.6) is 0 Å². The lowest BCUT2D eigenvalue weighted by atomic mass is 10.3. The van der Waals surface area contributed by atoms with Gasteiger partial charge in [-0.05, 0) is 17.5 Å². The van der Waals surface area contributed by atoms with E-state index in [0.29, 0.717) is 0 Å². The number of benzene rings is 1. The molecule has 1 aromatic heterocycles. The fourth-order valence-corrected chi connectivity index (χ4v) is 0.995. The minimum atomic E-state index is 1.21. The van der Waals surface area contributed by atoms with Crippen molar-refractivity contribution in [3.63, 3.8) is 0 Å². The van der Waals surface area contributed by atoms with E-state index >= 15 is 0 Å². The second-order valence-electron chi connectivity index (χ2n) is 2.06. The van der Waals surface area contributed by atoms with Crippen LogP contribution >= 0.6 is 0 Å². The van der Waals surface area contributed by atoms with Crippen LogP contribution in [-0.2, 0) is 0 Å². The second-order valence-corrected chi connectivity index (χ2v) is 2.06. The molecule has 0 saturated carbocycles. The maximum Gasteiger partial charge on any atom is 0.0453 e. The molecule has 1 aromatic carbocycles. The predicted octanol–water partition coefficient (Wildman–Crippen LogP) is 2.23. The van der Waals surface area contributed by atoms with Gasteiger partial charge in [0, 0.05) is 21.6 Å². The Labute approximate surface area is 63.3 Å². The minimum Gasteiger partial charge on any atom is -0.361 e. The molecule has 0 spiro atoms. The highest BCUT2D eigenvalue weighted by Gasteiger charge is 1.86. The summed E-state index contributed by atoms with van der Waals surface area (Å²) in [5.41, 5.74) is 1.21. The molecule has 56 valence electrons. The summed E-state index contributed by atoms with van der Waals surface area (Å²) in [5.74, 6) is 0. The number of para-hydroxylation sites is 1. The molecule has 2 aromatic rings. The summed E-state index contributed by atoms with van der Waals surface area (Å²) in [7, 11) is 0. The first kappa shape index (κ1) is 7.47. The van der Waals surface area contributed by atoms with Crippen LogP contribution in [0.15, 0.2) is 36.5 Å². The molecule has 0 amide bonds. The van der Waals surface area contributed by atoms with Crippen LogP contribution < -0.4 is 0 Å². The van der Waals surface area contributed by atoms with E-state index in [-0.39, 0.29) is 0 Å². The Kier molecular flexibility index (Phi) is 2.38. The van der Waals surface area contributed by atoms with Gasteiger partial charge in [0.2, 0.25) is 0 Å². The summed E-state index contributed by atoms with van der Waals surface area (Å²) >= 11 is 0. The van der Waals surface area contributed by atoms with E-state index in [1.807, 2.05) is 18.3 Å². The van der Waals surface area contributed by atoms with E-state index in [1.165, 1.54) is 10.9 Å². The normalized spacial score (nSPS) is 8.73. The summed E-state index contributed by atoms with van der Waals surface area (Å²) in [6, 6.07) is 10.3. The molecule has 3 nitrogen and oxygen atoms in total. The summed E-state index contributed by atoms with van der Waals surface area (Å²) in [5, 5.41) is 1.28. The molecule has 1 heterocycles. The lowest BCUT2D eigenvalue weighted by molar-refractivity contribution is 1.48. The first-order chi connectivity index (χ1) is 5.47. The summed E-state index contributed by atoms with van der Waals surface area (Å²) in [6.07, 6.45) is 1.95. The van der Waals surface area contributed by atoms with Crippen LogP contribution in [-0.4, -0.2) is 4.98 Å². The Morgan fingerprint density at radius 3 is 2.45 bits per heavy atom. The minimum absolute atomic E-state index is 1.21. The number of hydrogen-bond donors (Lipinski definition) is 1. The molecule has 2 rings (SSSR count). The molecule has 0 radical (unpaired) electrons. The van der Waals surface area contributed by atoms with E-state index in [4.69, 9.17) is 9.93 Å². The van der Waals surface area contributed by atoms with Crippen molar-refractivity contribution in [2.45, 2.75) is 0 Å². The summed E-state index contributed by atoms with van der Waals surface area (Å²) in [4.78, 5) is 17.1. The molecule has 11 heavy (non-hydrogen) atoms. The first-order valence-electron chi connectivity index (χ1n) is 3.15.